The number of hydrogen-bond donors (Lipinski definition) is 5. The average molecular weight is 1150 g/mol. The van der Waals surface area contributed by atoms with Crippen LogP contribution in [0.5, 0.6) is 0 Å². The van der Waals surface area contributed by atoms with Crippen LogP contribution in [0.2, 0.25) is 36.3 Å². The van der Waals surface area contributed by atoms with Gasteiger partial charge in [-0.3, -0.25) is 47.4 Å². The molecule has 76 heavy (non-hydrogen) atoms. The van der Waals surface area contributed by atoms with Crippen molar-refractivity contribution in [3.63, 3.8) is 0 Å². The summed E-state index contributed by atoms with van der Waals surface area (Å²) in [6.45, 7) is 18.1. The number of hydrogen-bond acceptors (Lipinski definition) is 20. The molecule has 2 amide bonds. The molecule has 2 saturated heterocycles. The summed E-state index contributed by atoms with van der Waals surface area (Å²) in [5, 5.41) is 25.3. The zero-order valence-corrected chi connectivity index (χ0v) is 49.1. The third-order valence-corrected chi connectivity index (χ3v) is 25.7. The number of rotatable bonds is 21. The van der Waals surface area contributed by atoms with Gasteiger partial charge in [-0.15, -0.1) is 0 Å². The minimum Gasteiger partial charge on any atom is -0.408 e. The maximum atomic E-state index is 13.4. The number of carbonyl (C=O) groups excluding carboxylic acids is 2. The Balaban J connectivity index is 1.30. The molecule has 1 aromatic carbocycles. The molecule has 0 saturated carbocycles. The molecule has 0 bridgehead atoms. The van der Waals surface area contributed by atoms with E-state index in [1.165, 1.54) is 28.1 Å². The lowest BCUT2D eigenvalue weighted by Crippen LogP contribution is -2.50. The highest BCUT2D eigenvalue weighted by atomic mass is 32.5. The summed E-state index contributed by atoms with van der Waals surface area (Å²) in [6, 6.07) is 10.6. The van der Waals surface area contributed by atoms with E-state index in [2.05, 4.69) is 40.5 Å². The van der Waals surface area contributed by atoms with Crippen molar-refractivity contribution in [1.29, 1.82) is 5.26 Å². The zero-order valence-electron chi connectivity index (χ0n) is 44.4. The van der Waals surface area contributed by atoms with E-state index < -0.39 is 122 Å². The zero-order chi connectivity index (χ0) is 55.7. The van der Waals surface area contributed by atoms with E-state index in [1.54, 1.807) is 44.2 Å². The first kappa shape index (κ1) is 59.1. The second kappa shape index (κ2) is 23.4. The Bertz CT molecular complexity index is 3070. The molecule has 30 heteroatoms. The van der Waals surface area contributed by atoms with Crippen molar-refractivity contribution >= 4 is 89.3 Å². The summed E-state index contributed by atoms with van der Waals surface area (Å²) < 4.78 is 68.7. The summed E-state index contributed by atoms with van der Waals surface area (Å²) in [7, 11) is -9.31. The second-order valence-corrected chi connectivity index (χ2v) is 34.9. The van der Waals surface area contributed by atoms with Gasteiger partial charge in [0, 0.05) is 11.5 Å². The van der Waals surface area contributed by atoms with Crippen LogP contribution >= 0.6 is 15.0 Å². The lowest BCUT2D eigenvalue weighted by Gasteiger charge is -2.41. The Morgan fingerprint density at radius 3 is 2.07 bits per heavy atom. The van der Waals surface area contributed by atoms with Gasteiger partial charge < -0.3 is 42.7 Å². The van der Waals surface area contributed by atoms with E-state index in [-0.39, 0.29) is 52.2 Å². The normalized spacial score (nSPS) is 23.7. The molecule has 6 heterocycles. The third kappa shape index (κ3) is 13.0. The number of fused-ring (bicyclic) bond motifs is 2. The highest BCUT2D eigenvalue weighted by Crippen LogP contribution is 2.56. The van der Waals surface area contributed by atoms with Gasteiger partial charge in [0.15, 0.2) is 57.2 Å². The van der Waals surface area contributed by atoms with E-state index in [1.807, 2.05) is 73.8 Å². The van der Waals surface area contributed by atoms with Crippen LogP contribution < -0.4 is 16.2 Å². The number of nitrogens with zero attached hydrogens (tertiary/aromatic N) is 8. The van der Waals surface area contributed by atoms with Gasteiger partial charge in [-0.05, 0) is 60.2 Å². The first-order valence-electron chi connectivity index (χ1n) is 24.5. The smallest absolute Gasteiger partial charge is 0.327 e. The largest absolute Gasteiger partial charge is 0.408 e. The predicted octanol–water partition coefficient (Wildman–Crippen LogP) is 6.70. The van der Waals surface area contributed by atoms with Crippen molar-refractivity contribution in [3.8, 4) is 6.07 Å². The van der Waals surface area contributed by atoms with Crippen LogP contribution in [0.1, 0.15) is 84.6 Å². The van der Waals surface area contributed by atoms with Crippen LogP contribution in [-0.4, -0.2) is 134 Å². The van der Waals surface area contributed by atoms with Crippen LogP contribution in [-0.2, 0) is 57.6 Å². The molecule has 5 N–H and O–H groups in total. The van der Waals surface area contributed by atoms with E-state index >= 15 is 0 Å². The van der Waals surface area contributed by atoms with Crippen molar-refractivity contribution in [2.24, 2.45) is 5.92 Å². The topological polar surface area (TPSA) is 321 Å². The number of aliphatic hydroxyl groups excluding tert-OH is 1. The molecule has 0 spiro atoms. The molecule has 25 nitrogen and oxygen atoms in total. The molecular weight excluding hydrogens is 1080 g/mol. The monoisotopic (exact) mass is 1150 g/mol. The summed E-state index contributed by atoms with van der Waals surface area (Å²) in [5.41, 5.74) is -0.0608. The maximum absolute atomic E-state index is 13.4. The van der Waals surface area contributed by atoms with Crippen LogP contribution in [0.3, 0.4) is 0 Å². The van der Waals surface area contributed by atoms with Gasteiger partial charge >= 0.3 is 15.0 Å². The number of benzene rings is 1. The summed E-state index contributed by atoms with van der Waals surface area (Å²) in [5.74, 6) is -1.38. The van der Waals surface area contributed by atoms with Gasteiger partial charge in [0.05, 0.1) is 45.0 Å². The van der Waals surface area contributed by atoms with Crippen molar-refractivity contribution < 1.29 is 60.6 Å². The number of carbonyl (C=O) groups is 2. The molecule has 2 aliphatic rings. The van der Waals surface area contributed by atoms with Crippen LogP contribution in [0.15, 0.2) is 54.1 Å². The minimum absolute atomic E-state index is 0.0149. The molecule has 2 aliphatic heterocycles. The number of nitriles is 1. The van der Waals surface area contributed by atoms with Gasteiger partial charge in [0.1, 0.15) is 43.0 Å². The van der Waals surface area contributed by atoms with Crippen molar-refractivity contribution in [2.75, 3.05) is 30.5 Å². The minimum atomic E-state index is -4.17. The average Bonchev–Trinajstić information content (AvgIpc) is 4.12. The fourth-order valence-corrected chi connectivity index (χ4v) is 13.0. The molecule has 2 fully saturated rings. The standard InChI is InChI=1S/C46H67N11O14P2SSi2/c1-26(2)39(59)54-44-53-38-31(41(61)55-44)51-25-57(38)43-35(32(28(21-58)66-43)70-75(9,10)45(3,4)5)69-73(74,64-20-16-19-47)65-22-29-33(71-76(11,12)46(6,7)8)34(68-72(62)63)42(67-29)56-24-50-30-36(48-23-49-37(30)56)52-40(60)27-17-14-13-15-18-27/h13-15,17-18,23-26,28-29,32-35,42-43,58,72H,16,20-22H2,1-12H3,(H,62,63)(H,48,49,52,60)(H2,53,54,55,59,61)/t28-,29-,32-,33-,34-,35-,42-,43-,73?/m1/s1. The Hall–Kier alpha value is -4.54. The molecule has 4 aromatic heterocycles. The number of amides is 2. The maximum Gasteiger partial charge on any atom is 0.327 e. The highest BCUT2D eigenvalue weighted by Gasteiger charge is 2.56. The number of aliphatic hydroxyl groups is 1. The molecule has 2 unspecified atom stereocenters. The van der Waals surface area contributed by atoms with Gasteiger partial charge in [-0.2, -0.15) is 10.2 Å². The van der Waals surface area contributed by atoms with E-state index in [0.29, 0.717) is 5.56 Å². The number of ether oxygens (including phenoxy) is 2. The first-order chi connectivity index (χ1) is 35.6. The van der Waals surface area contributed by atoms with Gasteiger partial charge in [0.25, 0.3) is 11.5 Å². The second-order valence-electron chi connectivity index (χ2n) is 21.7. The number of H-pyrrole nitrogens is 1. The van der Waals surface area contributed by atoms with Crippen LogP contribution in [0.4, 0.5) is 11.8 Å². The third-order valence-electron chi connectivity index (χ3n) is 13.9. The Labute approximate surface area is 447 Å². The van der Waals surface area contributed by atoms with E-state index in [0.717, 1.165) is 0 Å². The Kier molecular flexibility index (Phi) is 18.2. The summed E-state index contributed by atoms with van der Waals surface area (Å²) in [4.78, 5) is 74.6. The number of aromatic amines is 1. The molecule has 10 atom stereocenters. The lowest BCUT2D eigenvalue weighted by molar-refractivity contribution is -0.118. The predicted molar refractivity (Wildman–Crippen MR) is 288 cm³/mol. The number of nitrogens with one attached hydrogen (secondary N) is 3. The molecule has 0 aliphatic carbocycles. The van der Waals surface area contributed by atoms with Crippen molar-refractivity contribution in [3.05, 3.63) is 65.2 Å². The quantitative estimate of drug-likeness (QED) is 0.0290. The highest BCUT2D eigenvalue weighted by molar-refractivity contribution is 8.07. The summed E-state index contributed by atoms with van der Waals surface area (Å²) >= 11 is 6.24. The van der Waals surface area contributed by atoms with Gasteiger partial charge in [-0.1, -0.05) is 73.6 Å². The Morgan fingerprint density at radius 1 is 0.882 bits per heavy atom. The number of aromatic nitrogens is 8. The molecule has 5 aromatic rings. The van der Waals surface area contributed by atoms with Crippen LogP contribution in [0, 0.1) is 17.2 Å². The Morgan fingerprint density at radius 2 is 1.47 bits per heavy atom. The lowest BCUT2D eigenvalue weighted by atomic mass is 10.1. The van der Waals surface area contributed by atoms with Gasteiger partial charge in [0.2, 0.25) is 11.9 Å². The fraction of sp³-hybridized carbons (Fsp3) is 0.587. The molecule has 0 radical (unpaired) electrons. The van der Waals surface area contributed by atoms with Crippen LogP contribution in [0.25, 0.3) is 22.3 Å². The molecular formula is C46H67N11O14P2SSi2. The van der Waals surface area contributed by atoms with E-state index in [9.17, 15) is 34.2 Å². The fourth-order valence-electron chi connectivity index (χ4n) is 7.76. The van der Waals surface area contributed by atoms with Gasteiger partial charge in [-0.25, -0.2) is 19.9 Å². The number of imidazole rings is 2. The number of anilines is 2. The SMILES string of the molecule is CC(C)C(=O)Nc1nc2c(ncn2[C@@H]2O[C@H](CO)[C@@H](O[Si](C)(C)C(C)(C)C)[C@H]2OP(=S)(OCCC#N)OC[C@H]2O[C@@H](n3cnc4c(NC(=O)c5ccccc5)ncnc43)[C@H](O[PH](=O)O)[C@@H]2O[Si](C)(C)C(C)(C)C)c(=O)[nH]1. The molecule has 7 rings (SSSR count). The van der Waals surface area contributed by atoms with Crippen molar-refractivity contribution in [2.45, 2.75) is 147 Å². The first-order valence-corrected chi connectivity index (χ1v) is 34.2. The summed E-state index contributed by atoms with van der Waals surface area (Å²) in [6.07, 6.45) is -5.80. The molecule has 414 valence electrons. The van der Waals surface area contributed by atoms with Crippen molar-refractivity contribution in [1.82, 2.24) is 39.0 Å². The van der Waals surface area contributed by atoms with E-state index in [4.69, 9.17) is 48.2 Å².